The molecular formula is C12H12BrN3O2. The van der Waals surface area contributed by atoms with Gasteiger partial charge < -0.3 is 4.74 Å². The van der Waals surface area contributed by atoms with E-state index in [9.17, 15) is 4.79 Å². The number of halogens is 1. The Bertz CT molecular complexity index is 540. The van der Waals surface area contributed by atoms with E-state index in [0.717, 1.165) is 10.0 Å². The van der Waals surface area contributed by atoms with Crippen molar-refractivity contribution in [2.24, 2.45) is 0 Å². The molecule has 18 heavy (non-hydrogen) atoms. The molecule has 0 aliphatic carbocycles. The van der Waals surface area contributed by atoms with Gasteiger partial charge in [-0.2, -0.15) is 5.10 Å². The summed E-state index contributed by atoms with van der Waals surface area (Å²) >= 11 is 3.40. The third-order valence-corrected chi connectivity index (χ3v) is 3.04. The van der Waals surface area contributed by atoms with Crippen molar-refractivity contribution in [1.29, 1.82) is 0 Å². The molecule has 0 atom stereocenters. The molecule has 1 aromatic carbocycles. The first-order valence-electron chi connectivity index (χ1n) is 5.40. The Morgan fingerprint density at radius 1 is 1.50 bits per heavy atom. The highest BCUT2D eigenvalue weighted by Gasteiger charge is 2.12. The maximum atomic E-state index is 11.6. The quantitative estimate of drug-likeness (QED) is 0.811. The van der Waals surface area contributed by atoms with Crippen LogP contribution in [0.3, 0.4) is 0 Å². The molecule has 0 saturated carbocycles. The summed E-state index contributed by atoms with van der Waals surface area (Å²) < 4.78 is 7.42. The summed E-state index contributed by atoms with van der Waals surface area (Å²) in [6.45, 7) is 0.667. The van der Waals surface area contributed by atoms with E-state index in [-0.39, 0.29) is 5.97 Å². The van der Waals surface area contributed by atoms with E-state index in [4.69, 9.17) is 4.74 Å². The number of aryl methyl sites for hydroxylation is 2. The highest BCUT2D eigenvalue weighted by Crippen LogP contribution is 2.18. The third kappa shape index (κ3) is 2.95. The summed E-state index contributed by atoms with van der Waals surface area (Å²) in [4.78, 5) is 15.5. The van der Waals surface area contributed by atoms with Gasteiger partial charge in [-0.25, -0.2) is 9.78 Å². The number of benzene rings is 1. The van der Waals surface area contributed by atoms with Crippen LogP contribution < -0.4 is 0 Å². The molecule has 2 rings (SSSR count). The normalized spacial score (nSPS) is 10.3. The second kappa shape index (κ2) is 5.77. The molecule has 0 spiro atoms. The first-order valence-corrected chi connectivity index (χ1v) is 6.19. The maximum absolute atomic E-state index is 11.6. The van der Waals surface area contributed by atoms with Crippen molar-refractivity contribution in [3.8, 4) is 0 Å². The Morgan fingerprint density at radius 3 is 3.00 bits per heavy atom. The molecule has 5 nitrogen and oxygen atoms in total. The van der Waals surface area contributed by atoms with Crippen LogP contribution in [-0.2, 0) is 17.7 Å². The number of rotatable bonds is 4. The minimum atomic E-state index is -0.323. The summed E-state index contributed by atoms with van der Waals surface area (Å²) in [7, 11) is 1.38. The summed E-state index contributed by atoms with van der Waals surface area (Å²) in [5.74, 6) is -0.323. The zero-order valence-electron chi connectivity index (χ0n) is 9.84. The molecule has 0 saturated heterocycles. The van der Waals surface area contributed by atoms with E-state index in [1.807, 2.05) is 12.1 Å². The van der Waals surface area contributed by atoms with Gasteiger partial charge in [0, 0.05) is 11.0 Å². The number of nitrogens with zero attached hydrogens (tertiary/aromatic N) is 3. The number of carbonyl (C=O) groups excluding carboxylic acids is 1. The van der Waals surface area contributed by atoms with E-state index < -0.39 is 0 Å². The SMILES string of the molecule is COC(=O)c1ccc(Br)cc1CCn1cncn1. The fourth-order valence-electron chi connectivity index (χ4n) is 1.66. The van der Waals surface area contributed by atoms with Crippen molar-refractivity contribution in [3.63, 3.8) is 0 Å². The molecule has 0 unspecified atom stereocenters. The zero-order chi connectivity index (χ0) is 13.0. The number of hydrogen-bond donors (Lipinski definition) is 0. The van der Waals surface area contributed by atoms with E-state index in [0.29, 0.717) is 18.5 Å². The third-order valence-electron chi connectivity index (χ3n) is 2.55. The van der Waals surface area contributed by atoms with Gasteiger partial charge in [0.25, 0.3) is 0 Å². The van der Waals surface area contributed by atoms with E-state index >= 15 is 0 Å². The van der Waals surface area contributed by atoms with Crippen LogP contribution in [0.4, 0.5) is 0 Å². The summed E-state index contributed by atoms with van der Waals surface area (Å²) in [6.07, 6.45) is 3.82. The molecule has 1 heterocycles. The van der Waals surface area contributed by atoms with Crippen LogP contribution in [-0.4, -0.2) is 27.8 Å². The van der Waals surface area contributed by atoms with Crippen LogP contribution in [0.2, 0.25) is 0 Å². The summed E-state index contributed by atoms with van der Waals surface area (Å²) in [6, 6.07) is 5.50. The lowest BCUT2D eigenvalue weighted by Gasteiger charge is -2.08. The van der Waals surface area contributed by atoms with Crippen LogP contribution in [0.25, 0.3) is 0 Å². The molecule has 0 N–H and O–H groups in total. The van der Waals surface area contributed by atoms with Crippen molar-refractivity contribution in [2.75, 3.05) is 7.11 Å². The zero-order valence-corrected chi connectivity index (χ0v) is 11.4. The lowest BCUT2D eigenvalue weighted by Crippen LogP contribution is -2.09. The van der Waals surface area contributed by atoms with Crippen molar-refractivity contribution in [1.82, 2.24) is 14.8 Å². The van der Waals surface area contributed by atoms with E-state index in [2.05, 4.69) is 26.0 Å². The number of carbonyl (C=O) groups is 1. The Kier molecular flexibility index (Phi) is 4.09. The van der Waals surface area contributed by atoms with Gasteiger partial charge >= 0.3 is 5.97 Å². The van der Waals surface area contributed by atoms with Crippen molar-refractivity contribution in [2.45, 2.75) is 13.0 Å². The van der Waals surface area contributed by atoms with Gasteiger partial charge in [0.2, 0.25) is 0 Å². The molecule has 0 fully saturated rings. The molecule has 6 heteroatoms. The Labute approximate surface area is 113 Å². The lowest BCUT2D eigenvalue weighted by molar-refractivity contribution is 0.0599. The number of aromatic nitrogens is 3. The van der Waals surface area contributed by atoms with Crippen LogP contribution in [0.1, 0.15) is 15.9 Å². The van der Waals surface area contributed by atoms with Gasteiger partial charge in [0.1, 0.15) is 12.7 Å². The molecule has 0 radical (unpaired) electrons. The average Bonchev–Trinajstić information content (AvgIpc) is 2.88. The maximum Gasteiger partial charge on any atom is 0.338 e. The smallest absolute Gasteiger partial charge is 0.338 e. The summed E-state index contributed by atoms with van der Waals surface area (Å²) in [5, 5.41) is 4.03. The molecule has 0 aliphatic heterocycles. The first kappa shape index (κ1) is 12.8. The molecule has 1 aromatic heterocycles. The minimum absolute atomic E-state index is 0.323. The topological polar surface area (TPSA) is 57.0 Å². The van der Waals surface area contributed by atoms with Crippen LogP contribution in [0, 0.1) is 0 Å². The molecule has 2 aromatic rings. The first-order chi connectivity index (χ1) is 8.70. The molecular weight excluding hydrogens is 298 g/mol. The fraction of sp³-hybridized carbons (Fsp3) is 0.250. The average molecular weight is 310 g/mol. The predicted molar refractivity (Wildman–Crippen MR) is 69.2 cm³/mol. The van der Waals surface area contributed by atoms with Gasteiger partial charge in [-0.1, -0.05) is 15.9 Å². The lowest BCUT2D eigenvalue weighted by atomic mass is 10.0. The molecule has 0 aliphatic rings. The standard InChI is InChI=1S/C12H12BrN3O2/c1-18-12(17)11-3-2-10(13)6-9(11)4-5-16-8-14-7-15-16/h2-3,6-8H,4-5H2,1H3. The number of esters is 1. The Balaban J connectivity index is 2.19. The van der Waals surface area contributed by atoms with Gasteiger partial charge in [0.15, 0.2) is 0 Å². The second-order valence-electron chi connectivity index (χ2n) is 3.70. The minimum Gasteiger partial charge on any atom is -0.465 e. The highest BCUT2D eigenvalue weighted by molar-refractivity contribution is 9.10. The van der Waals surface area contributed by atoms with Gasteiger partial charge in [-0.3, -0.25) is 4.68 Å². The van der Waals surface area contributed by atoms with Gasteiger partial charge in [-0.15, -0.1) is 0 Å². The van der Waals surface area contributed by atoms with Crippen LogP contribution in [0.15, 0.2) is 35.3 Å². The van der Waals surface area contributed by atoms with Crippen molar-refractivity contribution < 1.29 is 9.53 Å². The Hall–Kier alpha value is -1.69. The van der Waals surface area contributed by atoms with Crippen molar-refractivity contribution in [3.05, 3.63) is 46.5 Å². The largest absolute Gasteiger partial charge is 0.465 e. The predicted octanol–water partition coefficient (Wildman–Crippen LogP) is 2.07. The fourth-order valence-corrected chi connectivity index (χ4v) is 2.07. The molecule has 0 amide bonds. The monoisotopic (exact) mass is 309 g/mol. The molecule has 94 valence electrons. The number of methoxy groups -OCH3 is 1. The molecule has 0 bridgehead atoms. The van der Waals surface area contributed by atoms with Crippen LogP contribution in [0.5, 0.6) is 0 Å². The van der Waals surface area contributed by atoms with E-state index in [1.54, 1.807) is 17.1 Å². The van der Waals surface area contributed by atoms with Gasteiger partial charge in [0.05, 0.1) is 12.7 Å². The number of hydrogen-bond acceptors (Lipinski definition) is 4. The van der Waals surface area contributed by atoms with Gasteiger partial charge in [-0.05, 0) is 30.2 Å². The van der Waals surface area contributed by atoms with Crippen molar-refractivity contribution >= 4 is 21.9 Å². The summed E-state index contributed by atoms with van der Waals surface area (Å²) in [5.41, 5.74) is 1.51. The Morgan fingerprint density at radius 2 is 2.33 bits per heavy atom. The highest BCUT2D eigenvalue weighted by atomic mass is 79.9. The number of ether oxygens (including phenoxy) is 1. The van der Waals surface area contributed by atoms with Crippen LogP contribution >= 0.6 is 15.9 Å². The second-order valence-corrected chi connectivity index (χ2v) is 4.62. The van der Waals surface area contributed by atoms with E-state index in [1.165, 1.54) is 13.4 Å².